The van der Waals surface area contributed by atoms with Crippen molar-refractivity contribution in [2.75, 3.05) is 32.1 Å². The Labute approximate surface area is 187 Å². The Bertz CT molecular complexity index is 1040. The number of hydrogen-bond acceptors (Lipinski definition) is 6. The van der Waals surface area contributed by atoms with Crippen molar-refractivity contribution < 1.29 is 14.0 Å². The molecule has 0 N–H and O–H groups in total. The predicted molar refractivity (Wildman–Crippen MR) is 125 cm³/mol. The van der Waals surface area contributed by atoms with E-state index in [2.05, 4.69) is 35.0 Å². The van der Waals surface area contributed by atoms with Gasteiger partial charge in [-0.05, 0) is 55.6 Å². The molecule has 0 radical (unpaired) electrons. The van der Waals surface area contributed by atoms with Crippen molar-refractivity contribution in [2.24, 2.45) is 4.99 Å². The number of pyridine rings is 1. The van der Waals surface area contributed by atoms with Crippen molar-refractivity contribution in [1.82, 2.24) is 9.88 Å². The molecule has 31 heavy (non-hydrogen) atoms. The van der Waals surface area contributed by atoms with Gasteiger partial charge < -0.3 is 14.0 Å². The molecule has 3 aliphatic heterocycles. The van der Waals surface area contributed by atoms with E-state index in [1.807, 2.05) is 0 Å². The molecule has 1 aromatic heterocycles. The van der Waals surface area contributed by atoms with Gasteiger partial charge in [-0.2, -0.15) is 0 Å². The third kappa shape index (κ3) is 4.51. The van der Waals surface area contributed by atoms with Gasteiger partial charge in [0.1, 0.15) is 12.0 Å². The van der Waals surface area contributed by atoms with Crippen LogP contribution >= 0.6 is 8.58 Å². The Morgan fingerprint density at radius 1 is 1.26 bits per heavy atom. The van der Waals surface area contributed by atoms with E-state index in [1.165, 1.54) is 22.4 Å². The molecule has 0 amide bonds. The van der Waals surface area contributed by atoms with Gasteiger partial charge in [-0.25, -0.2) is 9.98 Å². The molecule has 6 nitrogen and oxygen atoms in total. The maximum Gasteiger partial charge on any atom is 0.221 e. The van der Waals surface area contributed by atoms with Crippen molar-refractivity contribution in [3.63, 3.8) is 0 Å². The lowest BCUT2D eigenvalue weighted by Gasteiger charge is -2.35. The molecule has 2 aromatic rings. The average molecular weight is 456 g/mol. The van der Waals surface area contributed by atoms with Gasteiger partial charge in [0.2, 0.25) is 11.5 Å². The maximum atomic E-state index is 11.5. The number of rotatable bonds is 4. The topological polar surface area (TPSA) is 70.0 Å². The number of aromatic nitrogens is 1. The minimum Gasteiger partial charge on any atom is -0.612 e. The molecule has 3 aliphatic rings. The molecule has 0 saturated heterocycles. The van der Waals surface area contributed by atoms with Gasteiger partial charge in [0.05, 0.1) is 12.8 Å². The van der Waals surface area contributed by atoms with Crippen molar-refractivity contribution in [3.8, 4) is 11.6 Å². The lowest BCUT2D eigenvalue weighted by molar-refractivity contribution is 0.219. The second-order valence-corrected chi connectivity index (χ2v) is 10.6. The Kier molecular flexibility index (Phi) is 6.02. The fraction of sp³-hybridized carbons (Fsp3) is 0.391. The molecule has 0 saturated carbocycles. The molecule has 8 heteroatoms. The first kappa shape index (κ1) is 21.0. The summed E-state index contributed by atoms with van der Waals surface area (Å²) in [5, 5.41) is 0. The number of ether oxygens (including phenoxy) is 2. The highest BCUT2D eigenvalue weighted by molar-refractivity contribution is 7.90. The molecule has 5 rings (SSSR count). The fourth-order valence-electron chi connectivity index (χ4n) is 4.22. The summed E-state index contributed by atoms with van der Waals surface area (Å²) in [4.78, 5) is 12.3. The molecule has 0 spiro atoms. The van der Waals surface area contributed by atoms with Gasteiger partial charge >= 0.3 is 0 Å². The standard InChI is InChI=1S/C23H26N3O3PS/c1-15(17-4-3-16-8-10-28-21(16)11-17)26-9-7-20-18(13-26)14-30-23(25-20)29-22-6-5-19(12-24-22)31(2)27/h3-6,11-12,15,30H,7-10,13-14H2,1-2H3. The zero-order chi connectivity index (χ0) is 21.4. The Morgan fingerprint density at radius 2 is 2.16 bits per heavy atom. The van der Waals surface area contributed by atoms with E-state index in [9.17, 15) is 4.55 Å². The molecular weight excluding hydrogens is 429 g/mol. The van der Waals surface area contributed by atoms with Crippen LogP contribution in [0.1, 0.15) is 30.5 Å². The van der Waals surface area contributed by atoms with Crippen molar-refractivity contribution >= 4 is 25.4 Å². The molecule has 0 aliphatic carbocycles. The van der Waals surface area contributed by atoms with Crippen LogP contribution in [-0.4, -0.2) is 52.2 Å². The predicted octanol–water partition coefficient (Wildman–Crippen LogP) is 3.90. The maximum absolute atomic E-state index is 11.5. The molecule has 0 fully saturated rings. The van der Waals surface area contributed by atoms with Gasteiger partial charge in [0.15, 0.2) is 4.90 Å². The summed E-state index contributed by atoms with van der Waals surface area (Å²) in [6.45, 7) is 5.01. The van der Waals surface area contributed by atoms with Crippen LogP contribution in [-0.2, 0) is 17.6 Å². The molecule has 3 atom stereocenters. The number of fused-ring (bicyclic) bond motifs is 1. The lowest BCUT2D eigenvalue weighted by Crippen LogP contribution is -2.35. The van der Waals surface area contributed by atoms with E-state index in [1.54, 1.807) is 24.6 Å². The van der Waals surface area contributed by atoms with Crippen LogP contribution in [0.25, 0.3) is 0 Å². The number of benzene rings is 1. The van der Waals surface area contributed by atoms with Crippen molar-refractivity contribution in [1.29, 1.82) is 0 Å². The van der Waals surface area contributed by atoms with Crippen molar-refractivity contribution in [3.05, 3.63) is 58.9 Å². The number of nitrogens with zero attached hydrogens (tertiary/aromatic N) is 3. The van der Waals surface area contributed by atoms with E-state index in [0.717, 1.165) is 50.1 Å². The van der Waals surface area contributed by atoms with Gasteiger partial charge in [-0.1, -0.05) is 12.1 Å². The van der Waals surface area contributed by atoms with E-state index >= 15 is 0 Å². The SMILES string of the molecule is CC(c1ccc2c(c1)OCC2)N1CCC2=C(CPC(Oc3ccc([S+](C)[O-])cn3)=N2)C1. The highest BCUT2D eigenvalue weighted by Gasteiger charge is 2.27. The smallest absolute Gasteiger partial charge is 0.221 e. The molecule has 0 bridgehead atoms. The summed E-state index contributed by atoms with van der Waals surface area (Å²) in [6, 6.07) is 10.6. The average Bonchev–Trinajstić information content (AvgIpc) is 3.26. The van der Waals surface area contributed by atoms with Crippen molar-refractivity contribution in [2.45, 2.75) is 30.7 Å². The van der Waals surface area contributed by atoms with Gasteiger partial charge in [-0.15, -0.1) is 0 Å². The molecule has 3 unspecified atom stereocenters. The van der Waals surface area contributed by atoms with Gasteiger partial charge in [0.25, 0.3) is 0 Å². The molecule has 4 heterocycles. The van der Waals surface area contributed by atoms with Crippen LogP contribution in [0.5, 0.6) is 11.6 Å². The second-order valence-electron chi connectivity index (χ2n) is 8.07. The summed E-state index contributed by atoms with van der Waals surface area (Å²) in [5.74, 6) is 1.56. The quantitative estimate of drug-likeness (QED) is 0.517. The monoisotopic (exact) mass is 455 g/mol. The fourth-order valence-corrected chi connectivity index (χ4v) is 5.75. The van der Waals surface area contributed by atoms with Gasteiger partial charge in [-0.3, -0.25) is 4.90 Å². The van der Waals surface area contributed by atoms with Crippen LogP contribution in [0.3, 0.4) is 0 Å². The second kappa shape index (κ2) is 8.91. The number of hydrogen-bond donors (Lipinski definition) is 0. The normalized spacial score (nSPS) is 21.2. The Balaban J connectivity index is 1.25. The summed E-state index contributed by atoms with van der Waals surface area (Å²) in [7, 11) is 0.498. The first-order valence-electron chi connectivity index (χ1n) is 10.6. The number of aliphatic imine (C=N–C) groups is 1. The minimum absolute atomic E-state index is 0.348. The van der Waals surface area contributed by atoms with E-state index in [-0.39, 0.29) is 0 Å². The zero-order valence-corrected chi connectivity index (χ0v) is 19.6. The lowest BCUT2D eigenvalue weighted by atomic mass is 10.00. The summed E-state index contributed by atoms with van der Waals surface area (Å²) < 4.78 is 23.2. The Morgan fingerprint density at radius 3 is 2.97 bits per heavy atom. The highest BCUT2D eigenvalue weighted by atomic mass is 32.2. The minimum atomic E-state index is -1.04. The highest BCUT2D eigenvalue weighted by Crippen LogP contribution is 2.36. The summed E-state index contributed by atoms with van der Waals surface area (Å²) in [5.41, 5.74) is 5.97. The first-order chi connectivity index (χ1) is 15.1. The van der Waals surface area contributed by atoms with E-state index < -0.39 is 11.2 Å². The summed E-state index contributed by atoms with van der Waals surface area (Å²) >= 11 is -1.04. The van der Waals surface area contributed by atoms with Crippen LogP contribution < -0.4 is 9.47 Å². The molecule has 1 aromatic carbocycles. The van der Waals surface area contributed by atoms with E-state index in [4.69, 9.17) is 14.5 Å². The third-order valence-corrected chi connectivity index (χ3v) is 8.15. The zero-order valence-electron chi connectivity index (χ0n) is 17.8. The van der Waals surface area contributed by atoms with Crippen LogP contribution in [0.15, 0.2) is 57.7 Å². The van der Waals surface area contributed by atoms with Gasteiger partial charge in [0, 0.05) is 49.8 Å². The summed E-state index contributed by atoms with van der Waals surface area (Å²) in [6.07, 6.45) is 6.18. The third-order valence-electron chi connectivity index (χ3n) is 6.12. The van der Waals surface area contributed by atoms with E-state index in [0.29, 0.717) is 25.4 Å². The Hall–Kier alpha value is -1.92. The molecular formula is C23H26N3O3PS. The van der Waals surface area contributed by atoms with Crippen LogP contribution in [0.2, 0.25) is 0 Å². The molecule has 162 valence electrons. The van der Waals surface area contributed by atoms with Crippen LogP contribution in [0, 0.1) is 0 Å². The largest absolute Gasteiger partial charge is 0.612 e. The first-order valence-corrected chi connectivity index (χ1v) is 13.3. The van der Waals surface area contributed by atoms with Crippen LogP contribution in [0.4, 0.5) is 0 Å².